The van der Waals surface area contributed by atoms with E-state index in [4.69, 9.17) is 28.0 Å². The van der Waals surface area contributed by atoms with Crippen LogP contribution in [-0.2, 0) is 0 Å². The Morgan fingerprint density at radius 3 is 2.31 bits per heavy atom. The number of hydrogen-bond acceptors (Lipinski definition) is 4. The van der Waals surface area contributed by atoms with E-state index in [2.05, 4.69) is 0 Å². The van der Waals surface area contributed by atoms with Crippen LogP contribution in [0.5, 0.6) is 0 Å². The first kappa shape index (κ1) is 12.8. The Labute approximate surface area is 84.9 Å². The molecule has 0 aromatic rings. The molecule has 0 fully saturated rings. The van der Waals surface area contributed by atoms with Gasteiger partial charge in [-0.3, -0.25) is 0 Å². The number of thiocarbonyl (C=S) groups is 1. The molecule has 6 heteroatoms. The summed E-state index contributed by atoms with van der Waals surface area (Å²) in [5.74, 6) is 0.255. The summed E-state index contributed by atoms with van der Waals surface area (Å²) in [6.07, 6.45) is 0.0965. The van der Waals surface area contributed by atoms with Crippen LogP contribution in [0.4, 0.5) is 0 Å². The fraction of sp³-hybridized carbons (Fsp3) is 0.857. The second kappa shape index (κ2) is 5.54. The highest BCUT2D eigenvalue weighted by molar-refractivity contribution is 7.80. The molecule has 0 saturated heterocycles. The minimum atomic E-state index is -1.37. The van der Waals surface area contributed by atoms with Gasteiger partial charge in [-0.15, -0.1) is 0 Å². The van der Waals surface area contributed by atoms with Gasteiger partial charge >= 0.3 is 7.12 Å². The van der Waals surface area contributed by atoms with Gasteiger partial charge in [-0.25, -0.2) is 0 Å². The molecule has 0 heterocycles. The lowest BCUT2D eigenvalue weighted by Crippen LogP contribution is -2.46. The van der Waals surface area contributed by atoms with Crippen molar-refractivity contribution in [2.45, 2.75) is 19.9 Å². The third kappa shape index (κ3) is 4.57. The lowest BCUT2D eigenvalue weighted by molar-refractivity contribution is 0.375. The van der Waals surface area contributed by atoms with Crippen molar-refractivity contribution in [3.63, 3.8) is 0 Å². The largest absolute Gasteiger partial charge is 0.472 e. The summed E-state index contributed by atoms with van der Waals surface area (Å²) in [6, 6.07) is -0.209. The van der Waals surface area contributed by atoms with Gasteiger partial charge in [-0.2, -0.15) is 0 Å². The summed E-state index contributed by atoms with van der Waals surface area (Å²) in [4.78, 5) is 2.15. The van der Waals surface area contributed by atoms with Gasteiger partial charge in [0.1, 0.15) is 0 Å². The molecule has 0 rings (SSSR count). The van der Waals surface area contributed by atoms with Crippen molar-refractivity contribution in [2.24, 2.45) is 11.7 Å². The van der Waals surface area contributed by atoms with Crippen LogP contribution < -0.4 is 5.73 Å². The van der Waals surface area contributed by atoms with Crippen LogP contribution in [0.1, 0.15) is 13.8 Å². The molecule has 0 bridgehead atoms. The fourth-order valence-corrected chi connectivity index (χ4v) is 1.22. The van der Waals surface area contributed by atoms with E-state index in [9.17, 15) is 0 Å². The molecule has 4 nitrogen and oxygen atoms in total. The topological polar surface area (TPSA) is 69.7 Å². The molecular formula is C7H17BN2O2S. The highest BCUT2D eigenvalue weighted by atomic mass is 32.1. The fourth-order valence-electron chi connectivity index (χ4n) is 0.875. The van der Waals surface area contributed by atoms with E-state index in [1.54, 1.807) is 11.9 Å². The van der Waals surface area contributed by atoms with Gasteiger partial charge in [0.05, 0.1) is 17.5 Å². The Hall–Kier alpha value is -0.165. The molecule has 1 atom stereocenters. The zero-order valence-electron chi connectivity index (χ0n) is 8.27. The second-order valence-electron chi connectivity index (χ2n) is 3.47. The molecule has 0 aliphatic rings. The highest BCUT2D eigenvalue weighted by Gasteiger charge is 2.20. The van der Waals surface area contributed by atoms with E-state index in [-0.39, 0.29) is 18.4 Å². The molecule has 0 aliphatic carbocycles. The number of nitrogens with zero attached hydrogens (tertiary/aromatic N) is 1. The molecule has 0 aliphatic heterocycles. The molecule has 0 radical (unpaired) electrons. The molecule has 4 N–H and O–H groups in total. The van der Waals surface area contributed by atoms with Crippen molar-refractivity contribution in [1.82, 2.24) is 4.90 Å². The van der Waals surface area contributed by atoms with Crippen molar-refractivity contribution in [3.8, 4) is 0 Å². The van der Waals surface area contributed by atoms with Gasteiger partial charge in [0, 0.05) is 7.05 Å². The predicted molar refractivity (Wildman–Crippen MR) is 58.2 cm³/mol. The summed E-state index contributed by atoms with van der Waals surface area (Å²) < 4.78 is 0. The zero-order valence-corrected chi connectivity index (χ0v) is 9.08. The smallest absolute Gasteiger partial charge is 0.426 e. The van der Waals surface area contributed by atoms with Gasteiger partial charge in [0.25, 0.3) is 0 Å². The summed E-state index contributed by atoms with van der Waals surface area (Å²) >= 11 is 5.07. The lowest BCUT2D eigenvalue weighted by Gasteiger charge is -2.26. The van der Waals surface area contributed by atoms with Gasteiger partial charge in [0.15, 0.2) is 0 Å². The van der Waals surface area contributed by atoms with E-state index in [0.717, 1.165) is 0 Å². The van der Waals surface area contributed by atoms with Crippen LogP contribution in [0.25, 0.3) is 0 Å². The molecule has 0 spiro atoms. The highest BCUT2D eigenvalue weighted by Crippen LogP contribution is 2.03. The summed E-state index contributed by atoms with van der Waals surface area (Å²) in [7, 11) is 0.326. The van der Waals surface area contributed by atoms with E-state index >= 15 is 0 Å². The minimum absolute atomic E-state index is 0.0965. The predicted octanol–water partition coefficient (Wildman–Crippen LogP) is -0.759. The van der Waals surface area contributed by atoms with Gasteiger partial charge in [0.2, 0.25) is 0 Å². The first-order valence-electron chi connectivity index (χ1n) is 4.23. The minimum Gasteiger partial charge on any atom is -0.426 e. The Bertz CT molecular complexity index is 178. The molecular weight excluding hydrogens is 187 g/mol. The molecule has 0 aromatic heterocycles. The SMILES string of the molecule is CC(C)C(N)C(=S)N(C)CB(O)O. The maximum absolute atomic E-state index is 8.71. The molecule has 1 unspecified atom stereocenters. The van der Waals surface area contributed by atoms with Crippen LogP contribution in [0.3, 0.4) is 0 Å². The third-order valence-corrected chi connectivity index (χ3v) is 2.40. The Morgan fingerprint density at radius 1 is 1.54 bits per heavy atom. The summed E-state index contributed by atoms with van der Waals surface area (Å²) in [6.45, 7) is 3.94. The van der Waals surface area contributed by atoms with Crippen LogP contribution in [0, 0.1) is 5.92 Å². The summed E-state index contributed by atoms with van der Waals surface area (Å²) in [5, 5.41) is 17.4. The lowest BCUT2D eigenvalue weighted by atomic mass is 9.91. The van der Waals surface area contributed by atoms with E-state index in [1.165, 1.54) is 0 Å². The van der Waals surface area contributed by atoms with Crippen molar-refractivity contribution >= 4 is 24.3 Å². The van der Waals surface area contributed by atoms with E-state index in [0.29, 0.717) is 4.99 Å². The van der Waals surface area contributed by atoms with Gasteiger partial charge in [-0.1, -0.05) is 26.1 Å². The van der Waals surface area contributed by atoms with Crippen LogP contribution >= 0.6 is 12.2 Å². The summed E-state index contributed by atoms with van der Waals surface area (Å²) in [5.41, 5.74) is 5.79. The standard InChI is InChI=1S/C7H17BN2O2S/c1-5(2)6(9)7(13)10(3)4-8(11)12/h5-6,11-12H,4,9H2,1-3H3. The third-order valence-electron chi connectivity index (χ3n) is 1.82. The monoisotopic (exact) mass is 204 g/mol. The number of hydrogen-bond donors (Lipinski definition) is 3. The van der Waals surface area contributed by atoms with E-state index in [1.807, 2.05) is 13.8 Å². The number of likely N-dealkylation sites (N-methyl/N-ethyl adjacent to an activating group) is 1. The second-order valence-corrected chi connectivity index (χ2v) is 3.89. The molecule has 0 amide bonds. The zero-order chi connectivity index (χ0) is 10.6. The van der Waals surface area contributed by atoms with E-state index < -0.39 is 7.12 Å². The molecule has 13 heavy (non-hydrogen) atoms. The van der Waals surface area contributed by atoms with Crippen molar-refractivity contribution in [3.05, 3.63) is 0 Å². The van der Waals surface area contributed by atoms with Crippen LogP contribution in [0.15, 0.2) is 0 Å². The Balaban J connectivity index is 4.09. The number of nitrogens with two attached hydrogens (primary N) is 1. The van der Waals surface area contributed by atoms with Gasteiger partial charge < -0.3 is 20.7 Å². The van der Waals surface area contributed by atoms with Crippen LogP contribution in [-0.4, -0.2) is 46.6 Å². The Kier molecular flexibility index (Phi) is 5.47. The number of rotatable bonds is 4. The first-order chi connectivity index (χ1) is 5.86. The van der Waals surface area contributed by atoms with Crippen molar-refractivity contribution in [1.29, 1.82) is 0 Å². The van der Waals surface area contributed by atoms with Crippen molar-refractivity contribution in [2.75, 3.05) is 13.5 Å². The quantitative estimate of drug-likeness (QED) is 0.415. The average molecular weight is 204 g/mol. The van der Waals surface area contributed by atoms with Crippen molar-refractivity contribution < 1.29 is 10.0 Å². The van der Waals surface area contributed by atoms with Crippen LogP contribution in [0.2, 0.25) is 0 Å². The molecule has 76 valence electrons. The molecule has 0 aromatic carbocycles. The Morgan fingerprint density at radius 2 is 2.00 bits per heavy atom. The maximum Gasteiger partial charge on any atom is 0.472 e. The molecule has 0 saturated carbocycles. The first-order valence-corrected chi connectivity index (χ1v) is 4.63. The normalized spacial score (nSPS) is 12.8. The van der Waals surface area contributed by atoms with Gasteiger partial charge in [-0.05, 0) is 5.92 Å². The average Bonchev–Trinajstić information content (AvgIpc) is 2.00. The maximum atomic E-state index is 8.71.